The normalized spacial score (nSPS) is 20.1. The van der Waals surface area contributed by atoms with Crippen LogP contribution in [0.2, 0.25) is 0 Å². The molecule has 2 atom stereocenters. The molecule has 1 aliphatic rings. The zero-order chi connectivity index (χ0) is 15.2. The van der Waals surface area contributed by atoms with Crippen molar-refractivity contribution in [1.82, 2.24) is 10.2 Å². The average molecular weight is 359 g/mol. The Labute approximate surface area is 135 Å². The van der Waals surface area contributed by atoms with Crippen LogP contribution in [0.25, 0.3) is 0 Å². The molecule has 1 heterocycles. The van der Waals surface area contributed by atoms with Gasteiger partial charge in [-0.3, -0.25) is 4.90 Å². The van der Waals surface area contributed by atoms with Crippen LogP contribution in [0.4, 0.5) is 4.39 Å². The Morgan fingerprint density at radius 1 is 1.52 bits per heavy atom. The second kappa shape index (κ2) is 8.22. The second-order valence-corrected chi connectivity index (χ2v) is 6.48. The molecular formula is C16H24BrFN2O. The number of benzene rings is 1. The highest BCUT2D eigenvalue weighted by Crippen LogP contribution is 2.28. The SMILES string of the molecule is COCCN(CC1CCCN1)C(C)c1ccc(F)cc1Br. The Hall–Kier alpha value is -0.490. The molecule has 2 rings (SSSR count). The van der Waals surface area contributed by atoms with E-state index in [1.54, 1.807) is 7.11 Å². The minimum atomic E-state index is -0.210. The lowest BCUT2D eigenvalue weighted by molar-refractivity contribution is 0.117. The molecule has 1 aliphatic heterocycles. The summed E-state index contributed by atoms with van der Waals surface area (Å²) in [6, 6.07) is 5.69. The smallest absolute Gasteiger partial charge is 0.124 e. The molecule has 0 saturated carbocycles. The Morgan fingerprint density at radius 2 is 2.33 bits per heavy atom. The summed E-state index contributed by atoms with van der Waals surface area (Å²) < 4.78 is 19.3. The van der Waals surface area contributed by atoms with Crippen molar-refractivity contribution in [3.05, 3.63) is 34.1 Å². The first kappa shape index (κ1) is 16.9. The summed E-state index contributed by atoms with van der Waals surface area (Å²) in [7, 11) is 1.73. The van der Waals surface area contributed by atoms with Gasteiger partial charge in [-0.05, 0) is 44.0 Å². The van der Waals surface area contributed by atoms with Gasteiger partial charge in [-0.2, -0.15) is 0 Å². The summed E-state index contributed by atoms with van der Waals surface area (Å²) >= 11 is 3.48. The fraction of sp³-hybridized carbons (Fsp3) is 0.625. The monoisotopic (exact) mass is 358 g/mol. The molecule has 21 heavy (non-hydrogen) atoms. The van der Waals surface area contributed by atoms with Crippen molar-refractivity contribution in [2.75, 3.05) is 33.4 Å². The molecule has 0 spiro atoms. The quantitative estimate of drug-likeness (QED) is 0.808. The maximum atomic E-state index is 13.3. The van der Waals surface area contributed by atoms with E-state index in [2.05, 4.69) is 33.1 Å². The number of halogens is 2. The average Bonchev–Trinajstić information content (AvgIpc) is 2.95. The highest BCUT2D eigenvalue weighted by molar-refractivity contribution is 9.10. The van der Waals surface area contributed by atoms with Crippen molar-refractivity contribution in [2.45, 2.75) is 31.8 Å². The lowest BCUT2D eigenvalue weighted by Crippen LogP contribution is -2.40. The van der Waals surface area contributed by atoms with Gasteiger partial charge in [-0.15, -0.1) is 0 Å². The van der Waals surface area contributed by atoms with E-state index in [1.165, 1.54) is 25.0 Å². The molecule has 3 nitrogen and oxygen atoms in total. The van der Waals surface area contributed by atoms with Gasteiger partial charge in [0.25, 0.3) is 0 Å². The number of hydrogen-bond donors (Lipinski definition) is 1. The minimum Gasteiger partial charge on any atom is -0.383 e. The molecule has 1 aromatic rings. The van der Waals surface area contributed by atoms with Crippen molar-refractivity contribution in [1.29, 1.82) is 0 Å². The number of hydrogen-bond acceptors (Lipinski definition) is 3. The number of nitrogens with zero attached hydrogens (tertiary/aromatic N) is 1. The van der Waals surface area contributed by atoms with Crippen LogP contribution in [0, 0.1) is 5.82 Å². The fourth-order valence-electron chi connectivity index (χ4n) is 2.88. The van der Waals surface area contributed by atoms with E-state index in [1.807, 2.05) is 6.07 Å². The van der Waals surface area contributed by atoms with Crippen molar-refractivity contribution in [3.8, 4) is 0 Å². The molecule has 1 saturated heterocycles. The molecule has 1 fully saturated rings. The van der Waals surface area contributed by atoms with Crippen LogP contribution in [0.15, 0.2) is 22.7 Å². The Morgan fingerprint density at radius 3 is 2.95 bits per heavy atom. The molecule has 0 radical (unpaired) electrons. The van der Waals surface area contributed by atoms with E-state index in [0.717, 1.165) is 29.7 Å². The first-order chi connectivity index (χ1) is 10.1. The van der Waals surface area contributed by atoms with Crippen LogP contribution in [-0.2, 0) is 4.74 Å². The standard InChI is InChI=1S/C16H24BrFN2O/c1-12(15-6-5-13(18)10-16(15)17)20(8-9-21-2)11-14-4-3-7-19-14/h5-6,10,12,14,19H,3-4,7-9,11H2,1-2H3. The summed E-state index contributed by atoms with van der Waals surface area (Å²) in [6.07, 6.45) is 2.47. The maximum Gasteiger partial charge on any atom is 0.124 e. The topological polar surface area (TPSA) is 24.5 Å². The Balaban J connectivity index is 2.09. The highest BCUT2D eigenvalue weighted by Gasteiger charge is 2.23. The zero-order valence-corrected chi connectivity index (χ0v) is 14.3. The third-order valence-corrected chi connectivity index (χ3v) is 4.85. The second-order valence-electron chi connectivity index (χ2n) is 5.62. The maximum absolute atomic E-state index is 13.3. The molecule has 1 aromatic carbocycles. The predicted octanol–water partition coefficient (Wildman–Crippen LogP) is 3.35. The van der Waals surface area contributed by atoms with E-state index in [4.69, 9.17) is 4.74 Å². The van der Waals surface area contributed by atoms with Crippen LogP contribution >= 0.6 is 15.9 Å². The van der Waals surface area contributed by atoms with Crippen LogP contribution in [-0.4, -0.2) is 44.3 Å². The molecule has 118 valence electrons. The molecule has 2 unspecified atom stereocenters. The van der Waals surface area contributed by atoms with Gasteiger partial charge in [0, 0.05) is 36.8 Å². The molecule has 1 N–H and O–H groups in total. The van der Waals surface area contributed by atoms with Gasteiger partial charge in [-0.1, -0.05) is 22.0 Å². The van der Waals surface area contributed by atoms with Gasteiger partial charge >= 0.3 is 0 Å². The number of rotatable bonds is 7. The first-order valence-corrected chi connectivity index (χ1v) is 8.32. The summed E-state index contributed by atoms with van der Waals surface area (Å²) in [5.74, 6) is -0.210. The van der Waals surface area contributed by atoms with Crippen molar-refractivity contribution in [2.24, 2.45) is 0 Å². The molecule has 0 amide bonds. The van der Waals surface area contributed by atoms with E-state index in [-0.39, 0.29) is 11.9 Å². The summed E-state index contributed by atoms with van der Waals surface area (Å²) in [4.78, 5) is 2.41. The van der Waals surface area contributed by atoms with Crippen LogP contribution in [0.5, 0.6) is 0 Å². The van der Waals surface area contributed by atoms with Gasteiger partial charge in [0.1, 0.15) is 5.82 Å². The largest absolute Gasteiger partial charge is 0.383 e. The third kappa shape index (κ3) is 4.74. The third-order valence-electron chi connectivity index (χ3n) is 4.16. The predicted molar refractivity (Wildman–Crippen MR) is 87.0 cm³/mol. The van der Waals surface area contributed by atoms with Gasteiger partial charge in [0.15, 0.2) is 0 Å². The zero-order valence-electron chi connectivity index (χ0n) is 12.7. The van der Waals surface area contributed by atoms with E-state index in [0.29, 0.717) is 12.6 Å². The minimum absolute atomic E-state index is 0.210. The number of ether oxygens (including phenoxy) is 1. The lowest BCUT2D eigenvalue weighted by Gasteiger charge is -2.32. The number of nitrogens with one attached hydrogen (secondary N) is 1. The van der Waals surface area contributed by atoms with Crippen molar-refractivity contribution < 1.29 is 9.13 Å². The molecule has 5 heteroatoms. The van der Waals surface area contributed by atoms with Crippen molar-refractivity contribution >= 4 is 15.9 Å². The first-order valence-electron chi connectivity index (χ1n) is 7.53. The highest BCUT2D eigenvalue weighted by atomic mass is 79.9. The van der Waals surface area contributed by atoms with E-state index in [9.17, 15) is 4.39 Å². The summed E-state index contributed by atoms with van der Waals surface area (Å²) in [6.45, 7) is 5.85. The van der Waals surface area contributed by atoms with E-state index < -0.39 is 0 Å². The Bertz CT molecular complexity index is 452. The Kier molecular flexibility index (Phi) is 6.61. The number of methoxy groups -OCH3 is 1. The fourth-order valence-corrected chi connectivity index (χ4v) is 3.57. The molecule has 0 bridgehead atoms. The van der Waals surface area contributed by atoms with Crippen LogP contribution < -0.4 is 5.32 Å². The van der Waals surface area contributed by atoms with Gasteiger partial charge in [-0.25, -0.2) is 4.39 Å². The van der Waals surface area contributed by atoms with Crippen LogP contribution in [0.1, 0.15) is 31.4 Å². The van der Waals surface area contributed by atoms with Crippen molar-refractivity contribution in [3.63, 3.8) is 0 Å². The molecule has 0 aromatic heterocycles. The van der Waals surface area contributed by atoms with E-state index >= 15 is 0 Å². The lowest BCUT2D eigenvalue weighted by atomic mass is 10.1. The van der Waals surface area contributed by atoms with Gasteiger partial charge < -0.3 is 10.1 Å². The summed E-state index contributed by atoms with van der Waals surface area (Å²) in [5, 5.41) is 3.54. The van der Waals surface area contributed by atoms with Gasteiger partial charge in [0.05, 0.1) is 6.61 Å². The summed E-state index contributed by atoms with van der Waals surface area (Å²) in [5.41, 5.74) is 1.12. The van der Waals surface area contributed by atoms with Gasteiger partial charge in [0.2, 0.25) is 0 Å². The molecular weight excluding hydrogens is 335 g/mol. The molecule has 0 aliphatic carbocycles. The van der Waals surface area contributed by atoms with Crippen LogP contribution in [0.3, 0.4) is 0 Å².